The number of likely N-dealkylation sites (N-methyl/N-ethyl adjacent to an activating group) is 1. The summed E-state index contributed by atoms with van der Waals surface area (Å²) in [7, 11) is 3.54. The van der Waals surface area contributed by atoms with Crippen molar-refractivity contribution >= 4 is 5.91 Å². The van der Waals surface area contributed by atoms with Gasteiger partial charge in [-0.25, -0.2) is 9.37 Å². The normalized spacial score (nSPS) is 20.0. The molecule has 0 saturated carbocycles. The lowest BCUT2D eigenvalue weighted by molar-refractivity contribution is -0.0176. The minimum Gasteiger partial charge on any atom is -0.497 e. The molecule has 0 radical (unpaired) electrons. The molecule has 0 unspecified atom stereocenters. The van der Waals surface area contributed by atoms with Crippen LogP contribution in [0.4, 0.5) is 4.39 Å². The highest BCUT2D eigenvalue weighted by molar-refractivity contribution is 5.89. The first kappa shape index (κ1) is 20.8. The third-order valence-electron chi connectivity index (χ3n) is 5.49. The molecule has 8 nitrogen and oxygen atoms in total. The van der Waals surface area contributed by atoms with Crippen molar-refractivity contribution in [2.45, 2.75) is 25.6 Å². The lowest BCUT2D eigenvalue weighted by atomic mass is 10.1. The van der Waals surface area contributed by atoms with Crippen LogP contribution in [0.2, 0.25) is 0 Å². The molecule has 3 heterocycles. The van der Waals surface area contributed by atoms with E-state index >= 15 is 0 Å². The number of methoxy groups -OCH3 is 1. The molecule has 1 amide bonds. The van der Waals surface area contributed by atoms with Gasteiger partial charge in [0.25, 0.3) is 5.89 Å². The van der Waals surface area contributed by atoms with Gasteiger partial charge in [0.2, 0.25) is 0 Å². The third kappa shape index (κ3) is 4.80. The van der Waals surface area contributed by atoms with Crippen molar-refractivity contribution in [3.8, 4) is 5.75 Å². The number of halogens is 1. The topological polar surface area (TPSA) is 80.1 Å². The van der Waals surface area contributed by atoms with Gasteiger partial charge in [0.05, 0.1) is 25.5 Å². The zero-order valence-corrected chi connectivity index (χ0v) is 17.3. The Kier molecular flexibility index (Phi) is 6.31. The molecule has 0 aliphatic carbocycles. The number of ether oxygens (including phenoxy) is 2. The Labute approximate surface area is 174 Å². The third-order valence-corrected chi connectivity index (χ3v) is 5.49. The van der Waals surface area contributed by atoms with Crippen LogP contribution in [0.1, 0.15) is 27.7 Å². The van der Waals surface area contributed by atoms with E-state index in [0.29, 0.717) is 50.5 Å². The van der Waals surface area contributed by atoms with Crippen LogP contribution in [0.15, 0.2) is 22.6 Å². The highest BCUT2D eigenvalue weighted by Gasteiger charge is 2.26. The number of rotatable bonds is 6. The van der Waals surface area contributed by atoms with Crippen molar-refractivity contribution in [3.63, 3.8) is 0 Å². The molecule has 2 aliphatic heterocycles. The highest BCUT2D eigenvalue weighted by Crippen LogP contribution is 2.23. The average Bonchev–Trinajstić information content (AvgIpc) is 3.17. The van der Waals surface area contributed by atoms with Crippen molar-refractivity contribution in [2.75, 3.05) is 46.9 Å². The number of carbonyl (C=O) groups is 1. The minimum absolute atomic E-state index is 0.0350. The SMILES string of the molecule is COc1ccc(CN2CCc3oc(C(=O)NC[C@@H]4CN(C)CCO4)nc3C2)c(F)c1. The molecular formula is C21H27FN4O4. The van der Waals surface area contributed by atoms with Gasteiger partial charge >= 0.3 is 5.91 Å². The summed E-state index contributed by atoms with van der Waals surface area (Å²) >= 11 is 0. The number of oxazole rings is 1. The lowest BCUT2D eigenvalue weighted by Gasteiger charge is -2.29. The monoisotopic (exact) mass is 418 g/mol. The first-order valence-electron chi connectivity index (χ1n) is 10.1. The predicted octanol–water partition coefficient (Wildman–Crippen LogP) is 1.44. The van der Waals surface area contributed by atoms with E-state index in [4.69, 9.17) is 13.9 Å². The van der Waals surface area contributed by atoms with E-state index in [0.717, 1.165) is 24.5 Å². The van der Waals surface area contributed by atoms with Crippen molar-refractivity contribution in [2.24, 2.45) is 0 Å². The van der Waals surface area contributed by atoms with Crippen LogP contribution < -0.4 is 10.1 Å². The van der Waals surface area contributed by atoms with Gasteiger partial charge in [-0.2, -0.15) is 0 Å². The molecule has 1 aromatic heterocycles. The molecule has 30 heavy (non-hydrogen) atoms. The van der Waals surface area contributed by atoms with Crippen LogP contribution in [0.3, 0.4) is 0 Å². The van der Waals surface area contributed by atoms with Crippen LogP contribution in [0, 0.1) is 5.82 Å². The second-order valence-corrected chi connectivity index (χ2v) is 7.77. The number of nitrogens with one attached hydrogen (secondary N) is 1. The Bertz CT molecular complexity index is 903. The number of nitrogens with zero attached hydrogens (tertiary/aromatic N) is 3. The molecule has 1 fully saturated rings. The summed E-state index contributed by atoms with van der Waals surface area (Å²) in [6, 6.07) is 4.87. The van der Waals surface area contributed by atoms with Crippen LogP contribution in [-0.4, -0.2) is 73.7 Å². The number of aromatic nitrogens is 1. The maximum atomic E-state index is 14.3. The van der Waals surface area contributed by atoms with E-state index < -0.39 is 0 Å². The fourth-order valence-electron chi connectivity index (χ4n) is 3.78. The first-order valence-corrected chi connectivity index (χ1v) is 10.1. The van der Waals surface area contributed by atoms with Crippen LogP contribution in [0.5, 0.6) is 5.75 Å². The molecule has 1 aromatic carbocycles. The Morgan fingerprint density at radius 3 is 3.03 bits per heavy atom. The fourth-order valence-corrected chi connectivity index (χ4v) is 3.78. The largest absolute Gasteiger partial charge is 0.497 e. The minimum atomic E-state index is -0.339. The molecule has 2 aromatic rings. The molecular weight excluding hydrogens is 391 g/mol. The van der Waals surface area contributed by atoms with E-state index in [1.54, 1.807) is 12.1 Å². The smallest absolute Gasteiger partial charge is 0.307 e. The summed E-state index contributed by atoms with van der Waals surface area (Å²) in [6.07, 6.45) is 0.594. The van der Waals surface area contributed by atoms with E-state index in [-0.39, 0.29) is 23.7 Å². The number of hydrogen-bond acceptors (Lipinski definition) is 7. The number of fused-ring (bicyclic) bond motifs is 1. The Morgan fingerprint density at radius 2 is 2.27 bits per heavy atom. The number of morpholine rings is 1. The molecule has 162 valence electrons. The summed E-state index contributed by atoms with van der Waals surface area (Å²) in [5, 5.41) is 2.85. The summed E-state index contributed by atoms with van der Waals surface area (Å²) in [5.74, 6) is 0.654. The molecule has 1 N–H and O–H groups in total. The van der Waals surface area contributed by atoms with E-state index in [1.165, 1.54) is 13.2 Å². The second kappa shape index (κ2) is 9.11. The van der Waals surface area contributed by atoms with E-state index in [2.05, 4.69) is 20.1 Å². The van der Waals surface area contributed by atoms with Crippen molar-refractivity contribution in [3.05, 3.63) is 46.9 Å². The van der Waals surface area contributed by atoms with Gasteiger partial charge < -0.3 is 24.1 Å². The van der Waals surface area contributed by atoms with Gasteiger partial charge in [-0.15, -0.1) is 0 Å². The Morgan fingerprint density at radius 1 is 1.40 bits per heavy atom. The fraction of sp³-hybridized carbons (Fsp3) is 0.524. The number of hydrogen-bond donors (Lipinski definition) is 1. The first-order chi connectivity index (χ1) is 14.5. The molecule has 0 bridgehead atoms. The lowest BCUT2D eigenvalue weighted by Crippen LogP contribution is -2.45. The predicted molar refractivity (Wildman–Crippen MR) is 107 cm³/mol. The van der Waals surface area contributed by atoms with Gasteiger partial charge in [-0.1, -0.05) is 6.07 Å². The second-order valence-electron chi connectivity index (χ2n) is 7.77. The number of benzene rings is 1. The molecule has 2 aliphatic rings. The highest BCUT2D eigenvalue weighted by atomic mass is 19.1. The van der Waals surface area contributed by atoms with E-state index in [9.17, 15) is 9.18 Å². The molecule has 1 saturated heterocycles. The van der Waals surface area contributed by atoms with Gasteiger partial charge in [-0.05, 0) is 13.1 Å². The molecule has 4 rings (SSSR count). The standard InChI is InChI=1S/C21H27FN4O4/c1-25-7-8-29-16(12-25)10-23-20(27)21-24-18-13-26(6-5-19(18)30-21)11-14-3-4-15(28-2)9-17(14)22/h3-4,9,16H,5-8,10-13H2,1-2H3,(H,23,27)/t16-/m1/s1. The Balaban J connectivity index is 1.34. The average molecular weight is 418 g/mol. The van der Waals surface area contributed by atoms with Gasteiger partial charge in [0.15, 0.2) is 0 Å². The van der Waals surface area contributed by atoms with Gasteiger partial charge in [0, 0.05) is 57.3 Å². The zero-order valence-electron chi connectivity index (χ0n) is 17.3. The summed E-state index contributed by atoms with van der Waals surface area (Å²) < 4.78 is 30.7. The van der Waals surface area contributed by atoms with Crippen molar-refractivity contribution in [1.82, 2.24) is 20.1 Å². The summed E-state index contributed by atoms with van der Waals surface area (Å²) in [6.45, 7) is 4.42. The summed E-state index contributed by atoms with van der Waals surface area (Å²) in [4.78, 5) is 21.1. The van der Waals surface area contributed by atoms with Crippen LogP contribution >= 0.6 is 0 Å². The zero-order chi connectivity index (χ0) is 21.1. The Hall–Kier alpha value is -2.49. The number of carbonyl (C=O) groups excluding carboxylic acids is 1. The maximum Gasteiger partial charge on any atom is 0.307 e. The van der Waals surface area contributed by atoms with Crippen LogP contribution in [0.25, 0.3) is 0 Å². The van der Waals surface area contributed by atoms with Crippen molar-refractivity contribution in [1.29, 1.82) is 0 Å². The summed E-state index contributed by atoms with van der Waals surface area (Å²) in [5.41, 5.74) is 1.33. The van der Waals surface area contributed by atoms with E-state index in [1.807, 2.05) is 7.05 Å². The van der Waals surface area contributed by atoms with Crippen molar-refractivity contribution < 1.29 is 23.1 Å². The molecule has 9 heteroatoms. The van der Waals surface area contributed by atoms with Gasteiger partial charge in [-0.3, -0.25) is 9.69 Å². The maximum absolute atomic E-state index is 14.3. The van der Waals surface area contributed by atoms with Gasteiger partial charge in [0.1, 0.15) is 17.3 Å². The number of amides is 1. The quantitative estimate of drug-likeness (QED) is 0.760. The van der Waals surface area contributed by atoms with Crippen LogP contribution in [-0.2, 0) is 24.2 Å². The molecule has 1 atom stereocenters. The molecule has 0 spiro atoms.